The Morgan fingerprint density at radius 1 is 1.48 bits per heavy atom. The van der Waals surface area contributed by atoms with Crippen molar-refractivity contribution in [3.8, 4) is 5.69 Å². The third-order valence-corrected chi connectivity index (χ3v) is 4.19. The highest BCUT2D eigenvalue weighted by molar-refractivity contribution is 7.88. The van der Waals surface area contributed by atoms with Gasteiger partial charge in [-0.05, 0) is 13.0 Å². The average molecular weight is 312 g/mol. The Morgan fingerprint density at radius 3 is 2.76 bits per heavy atom. The van der Waals surface area contributed by atoms with Crippen LogP contribution >= 0.6 is 0 Å². The van der Waals surface area contributed by atoms with E-state index in [1.807, 2.05) is 0 Å². The molecular weight excluding hydrogens is 300 g/mol. The van der Waals surface area contributed by atoms with Crippen molar-refractivity contribution in [2.45, 2.75) is 11.9 Å². The first-order valence-electron chi connectivity index (χ1n) is 5.82. The highest BCUT2D eigenvalue weighted by Gasteiger charge is 2.23. The zero-order chi connectivity index (χ0) is 15.6. The fraction of sp³-hybridized carbons (Fsp3) is 0.182. The third kappa shape index (κ3) is 2.91. The summed E-state index contributed by atoms with van der Waals surface area (Å²) in [6, 6.07) is 2.65. The van der Waals surface area contributed by atoms with E-state index >= 15 is 0 Å². The van der Waals surface area contributed by atoms with Crippen LogP contribution in [0.2, 0.25) is 0 Å². The van der Waals surface area contributed by atoms with Crippen LogP contribution in [-0.2, 0) is 10.0 Å². The van der Waals surface area contributed by atoms with Gasteiger partial charge in [-0.25, -0.2) is 22.9 Å². The summed E-state index contributed by atoms with van der Waals surface area (Å²) in [4.78, 5) is 14.5. The minimum atomic E-state index is -4.11. The van der Waals surface area contributed by atoms with E-state index in [0.717, 1.165) is 6.20 Å². The zero-order valence-corrected chi connectivity index (χ0v) is 11.7. The maximum atomic E-state index is 11.9. The third-order valence-electron chi connectivity index (χ3n) is 2.62. The van der Waals surface area contributed by atoms with Gasteiger partial charge >= 0.3 is 5.97 Å². The topological polar surface area (TPSA) is 126 Å². The second-order valence-corrected chi connectivity index (χ2v) is 5.76. The van der Waals surface area contributed by atoms with Crippen LogP contribution in [0.1, 0.15) is 17.3 Å². The van der Waals surface area contributed by atoms with E-state index in [1.165, 1.54) is 36.1 Å². The van der Waals surface area contributed by atoms with Gasteiger partial charge in [0, 0.05) is 25.0 Å². The van der Waals surface area contributed by atoms with Gasteiger partial charge in [0.05, 0.1) is 17.4 Å². The first kappa shape index (κ1) is 15.1. The van der Waals surface area contributed by atoms with Gasteiger partial charge in [-0.2, -0.15) is 5.10 Å². The van der Waals surface area contributed by atoms with E-state index in [1.54, 1.807) is 0 Å². The second kappa shape index (κ2) is 5.60. The van der Waals surface area contributed by atoms with Crippen molar-refractivity contribution < 1.29 is 23.5 Å². The van der Waals surface area contributed by atoms with Gasteiger partial charge in [-0.1, -0.05) is 4.47 Å². The molecule has 0 aliphatic carbocycles. The smallest absolute Gasteiger partial charge is 0.338 e. The number of hydrogen-bond acceptors (Lipinski definition) is 6. The summed E-state index contributed by atoms with van der Waals surface area (Å²) in [6.45, 7) is 1.34. The predicted molar refractivity (Wildman–Crippen MR) is 69.7 cm³/mol. The van der Waals surface area contributed by atoms with Gasteiger partial charge in [0.25, 0.3) is 10.0 Å². The Hall–Kier alpha value is -2.30. The molecule has 0 bridgehead atoms. The molecular formula is C11H12N4O5S. The number of hydrogen-bond donors (Lipinski definition) is 2. The lowest BCUT2D eigenvalue weighted by Crippen LogP contribution is -2.28. The van der Waals surface area contributed by atoms with Crippen LogP contribution in [0.4, 0.5) is 0 Å². The van der Waals surface area contributed by atoms with Crippen LogP contribution in [0, 0.1) is 0 Å². The lowest BCUT2D eigenvalue weighted by molar-refractivity contribution is 0.00828. The highest BCUT2D eigenvalue weighted by atomic mass is 32.2. The summed E-state index contributed by atoms with van der Waals surface area (Å²) >= 11 is 0. The number of sulfonamides is 1. The number of aromatic nitrogens is 3. The highest BCUT2D eigenvalue weighted by Crippen LogP contribution is 2.15. The standard InChI is InChI=1S/C11H12N4O5S/c1-2-15(18)21(19,20)10-5-9(3-4-12-10)14-7-8(6-13-14)11(16)17/h3-7,18H,2H2,1H3,(H,16,17). The molecule has 2 aromatic heterocycles. The molecule has 0 radical (unpaired) electrons. The molecule has 21 heavy (non-hydrogen) atoms. The lowest BCUT2D eigenvalue weighted by Gasteiger charge is -2.12. The zero-order valence-electron chi connectivity index (χ0n) is 10.9. The summed E-state index contributed by atoms with van der Waals surface area (Å²) in [5.74, 6) is -1.14. The van der Waals surface area contributed by atoms with Crippen molar-refractivity contribution in [2.24, 2.45) is 0 Å². The molecule has 0 unspecified atom stereocenters. The molecule has 0 aliphatic rings. The molecule has 0 saturated carbocycles. The number of carbonyl (C=O) groups is 1. The summed E-state index contributed by atoms with van der Waals surface area (Å²) < 4.78 is 25.3. The minimum absolute atomic E-state index is 0.0337. The Kier molecular flexibility index (Phi) is 4.02. The SMILES string of the molecule is CCN(O)S(=O)(=O)c1cc(-n2cc(C(=O)O)cn2)ccn1. The van der Waals surface area contributed by atoms with Crippen molar-refractivity contribution in [1.29, 1.82) is 0 Å². The number of pyridine rings is 1. The molecule has 0 amide bonds. The van der Waals surface area contributed by atoms with Crippen LogP contribution in [0.15, 0.2) is 35.7 Å². The summed E-state index contributed by atoms with van der Waals surface area (Å²) in [6.07, 6.45) is 3.61. The van der Waals surface area contributed by atoms with Crippen molar-refractivity contribution >= 4 is 16.0 Å². The number of hydroxylamine groups is 1. The monoisotopic (exact) mass is 312 g/mol. The van der Waals surface area contributed by atoms with Crippen LogP contribution in [-0.4, -0.2) is 50.5 Å². The van der Waals surface area contributed by atoms with Crippen LogP contribution < -0.4 is 0 Å². The molecule has 9 nitrogen and oxygen atoms in total. The summed E-state index contributed by atoms with van der Waals surface area (Å²) in [5.41, 5.74) is 0.272. The molecule has 0 fully saturated rings. The molecule has 0 atom stereocenters. The maximum Gasteiger partial charge on any atom is 0.338 e. The Labute approximate surface area is 120 Å². The largest absolute Gasteiger partial charge is 0.478 e. The molecule has 0 saturated heterocycles. The Balaban J connectivity index is 2.44. The van der Waals surface area contributed by atoms with Gasteiger partial charge < -0.3 is 5.11 Å². The number of rotatable bonds is 5. The van der Waals surface area contributed by atoms with Crippen molar-refractivity contribution in [3.05, 3.63) is 36.3 Å². The molecule has 0 spiro atoms. The van der Waals surface area contributed by atoms with E-state index in [2.05, 4.69) is 10.1 Å². The maximum absolute atomic E-state index is 11.9. The Morgan fingerprint density at radius 2 is 2.19 bits per heavy atom. The van der Waals surface area contributed by atoms with Gasteiger partial charge in [0.1, 0.15) is 0 Å². The molecule has 112 valence electrons. The average Bonchev–Trinajstić information content (AvgIpc) is 2.96. The van der Waals surface area contributed by atoms with E-state index in [0.29, 0.717) is 5.69 Å². The van der Waals surface area contributed by atoms with Crippen LogP contribution in [0.3, 0.4) is 0 Å². The number of carboxylic acids is 1. The molecule has 2 heterocycles. The van der Waals surface area contributed by atoms with E-state index in [4.69, 9.17) is 5.11 Å². The number of carboxylic acid groups (broad SMARTS) is 1. The summed E-state index contributed by atoms with van der Waals surface area (Å²) in [5, 5.41) is 21.7. The van der Waals surface area contributed by atoms with Gasteiger partial charge in [0.2, 0.25) is 0 Å². The summed E-state index contributed by atoms with van der Waals surface area (Å²) in [7, 11) is -4.11. The Bertz CT molecular complexity index is 770. The van der Waals surface area contributed by atoms with Gasteiger partial charge in [0.15, 0.2) is 5.03 Å². The molecule has 10 heteroatoms. The van der Waals surface area contributed by atoms with Crippen molar-refractivity contribution in [3.63, 3.8) is 0 Å². The van der Waals surface area contributed by atoms with Crippen molar-refractivity contribution in [2.75, 3.05) is 6.54 Å². The molecule has 2 aromatic rings. The van der Waals surface area contributed by atoms with E-state index in [9.17, 15) is 18.4 Å². The first-order chi connectivity index (χ1) is 9.86. The first-order valence-corrected chi connectivity index (χ1v) is 7.26. The minimum Gasteiger partial charge on any atom is -0.478 e. The van der Waals surface area contributed by atoms with Crippen LogP contribution in [0.25, 0.3) is 5.69 Å². The quantitative estimate of drug-likeness (QED) is 0.763. The number of nitrogens with zero attached hydrogens (tertiary/aromatic N) is 4. The lowest BCUT2D eigenvalue weighted by atomic mass is 10.4. The second-order valence-electron chi connectivity index (χ2n) is 3.97. The van der Waals surface area contributed by atoms with Crippen LogP contribution in [0.5, 0.6) is 0 Å². The fourth-order valence-corrected chi connectivity index (χ4v) is 2.55. The normalized spacial score (nSPS) is 11.8. The fourth-order valence-electron chi connectivity index (χ4n) is 1.53. The van der Waals surface area contributed by atoms with Crippen molar-refractivity contribution in [1.82, 2.24) is 19.2 Å². The predicted octanol–water partition coefficient (Wildman–Crippen LogP) is 0.365. The molecule has 0 aliphatic heterocycles. The van der Waals surface area contributed by atoms with Gasteiger partial charge in [-0.15, -0.1) is 0 Å². The molecule has 0 aromatic carbocycles. The van der Waals surface area contributed by atoms with E-state index < -0.39 is 16.0 Å². The van der Waals surface area contributed by atoms with Gasteiger partial charge in [-0.3, -0.25) is 5.21 Å². The van der Waals surface area contributed by atoms with E-state index in [-0.39, 0.29) is 21.6 Å². The molecule has 2 rings (SSSR count). The molecule has 2 N–H and O–H groups in total. The number of aromatic carboxylic acids is 1.